The lowest BCUT2D eigenvalue weighted by Gasteiger charge is -2.19. The molecule has 0 saturated carbocycles. The van der Waals surface area contributed by atoms with Gasteiger partial charge in [0.1, 0.15) is 6.61 Å². The molecule has 0 bridgehead atoms. The number of hydrogen-bond acceptors (Lipinski definition) is 4. The van der Waals surface area contributed by atoms with Crippen molar-refractivity contribution in [1.29, 1.82) is 0 Å². The Hall–Kier alpha value is -1.46. The highest BCUT2D eigenvalue weighted by Gasteiger charge is 2.14. The van der Waals surface area contributed by atoms with Crippen LogP contribution in [-0.2, 0) is 13.2 Å². The van der Waals surface area contributed by atoms with Crippen molar-refractivity contribution in [2.24, 2.45) is 0 Å². The van der Waals surface area contributed by atoms with Crippen molar-refractivity contribution in [3.8, 4) is 11.5 Å². The van der Waals surface area contributed by atoms with E-state index in [0.29, 0.717) is 28.1 Å². The van der Waals surface area contributed by atoms with Gasteiger partial charge in [-0.25, -0.2) is 0 Å². The maximum Gasteiger partial charge on any atom is 0.166 e. The molecule has 2 aromatic carbocycles. The SMILES string of the molecule is CC[C@@H](CO)NCc1cccc(OC)c1OCc1c(Cl)cccc1Cl. The molecule has 0 aliphatic carbocycles. The molecule has 0 radical (unpaired) electrons. The molecule has 25 heavy (non-hydrogen) atoms. The third-order valence-electron chi connectivity index (χ3n) is 4.00. The van der Waals surface area contributed by atoms with Crippen LogP contribution in [0.15, 0.2) is 36.4 Å². The number of methoxy groups -OCH3 is 1. The second-order valence-electron chi connectivity index (χ2n) is 5.61. The van der Waals surface area contributed by atoms with Gasteiger partial charge in [-0.2, -0.15) is 0 Å². The van der Waals surface area contributed by atoms with E-state index in [0.717, 1.165) is 17.5 Å². The van der Waals surface area contributed by atoms with Gasteiger partial charge in [-0.15, -0.1) is 0 Å². The predicted octanol–water partition coefficient (Wildman–Crippen LogP) is 4.44. The molecule has 0 spiro atoms. The second kappa shape index (κ2) is 9.88. The van der Waals surface area contributed by atoms with E-state index in [1.807, 2.05) is 25.1 Å². The Morgan fingerprint density at radius 1 is 1.12 bits per heavy atom. The third kappa shape index (κ3) is 5.25. The molecule has 1 atom stereocenters. The fraction of sp³-hybridized carbons (Fsp3) is 0.368. The van der Waals surface area contributed by atoms with E-state index in [4.69, 9.17) is 32.7 Å². The standard InChI is InChI=1S/C19H23Cl2NO3/c1-3-14(11-23)22-10-13-6-4-9-18(24-2)19(13)25-12-15-16(20)7-5-8-17(15)21/h4-9,14,22-23H,3,10-12H2,1-2H3/t14-/m0/s1. The Kier molecular flexibility index (Phi) is 7.85. The first-order chi connectivity index (χ1) is 12.1. The van der Waals surface area contributed by atoms with Crippen LogP contribution < -0.4 is 14.8 Å². The van der Waals surface area contributed by atoms with Crippen LogP contribution in [0.4, 0.5) is 0 Å². The van der Waals surface area contributed by atoms with Gasteiger partial charge in [0, 0.05) is 33.8 Å². The molecular formula is C19H23Cl2NO3. The molecule has 0 fully saturated rings. The van der Waals surface area contributed by atoms with Crippen molar-refractivity contribution in [2.45, 2.75) is 32.5 Å². The lowest BCUT2D eigenvalue weighted by Crippen LogP contribution is -2.31. The maximum atomic E-state index is 9.34. The van der Waals surface area contributed by atoms with Gasteiger partial charge >= 0.3 is 0 Å². The highest BCUT2D eigenvalue weighted by molar-refractivity contribution is 6.35. The summed E-state index contributed by atoms with van der Waals surface area (Å²) in [5.74, 6) is 1.28. The van der Waals surface area contributed by atoms with Crippen LogP contribution in [0.1, 0.15) is 24.5 Å². The van der Waals surface area contributed by atoms with Gasteiger partial charge in [-0.3, -0.25) is 0 Å². The van der Waals surface area contributed by atoms with Gasteiger partial charge in [0.2, 0.25) is 0 Å². The highest BCUT2D eigenvalue weighted by Crippen LogP contribution is 2.33. The van der Waals surface area contributed by atoms with E-state index in [1.165, 1.54) is 0 Å². The van der Waals surface area contributed by atoms with Crippen LogP contribution in [0, 0.1) is 0 Å². The van der Waals surface area contributed by atoms with Crippen LogP contribution in [0.3, 0.4) is 0 Å². The molecule has 0 amide bonds. The monoisotopic (exact) mass is 383 g/mol. The summed E-state index contributed by atoms with van der Waals surface area (Å²) in [5.41, 5.74) is 1.67. The van der Waals surface area contributed by atoms with E-state index in [-0.39, 0.29) is 19.3 Å². The largest absolute Gasteiger partial charge is 0.493 e. The second-order valence-corrected chi connectivity index (χ2v) is 6.42. The summed E-state index contributed by atoms with van der Waals surface area (Å²) in [7, 11) is 1.60. The minimum Gasteiger partial charge on any atom is -0.493 e. The summed E-state index contributed by atoms with van der Waals surface area (Å²) in [4.78, 5) is 0. The minimum absolute atomic E-state index is 0.0389. The first kappa shape index (κ1) is 19.9. The van der Waals surface area contributed by atoms with Gasteiger partial charge < -0.3 is 19.9 Å². The summed E-state index contributed by atoms with van der Waals surface area (Å²) < 4.78 is 11.4. The molecule has 2 aromatic rings. The van der Waals surface area contributed by atoms with E-state index >= 15 is 0 Å². The minimum atomic E-state index is 0.0389. The quantitative estimate of drug-likeness (QED) is 0.671. The van der Waals surface area contributed by atoms with Crippen molar-refractivity contribution in [2.75, 3.05) is 13.7 Å². The van der Waals surface area contributed by atoms with Crippen LogP contribution in [-0.4, -0.2) is 24.9 Å². The fourth-order valence-corrected chi connectivity index (χ4v) is 2.94. The highest BCUT2D eigenvalue weighted by atomic mass is 35.5. The number of rotatable bonds is 9. The smallest absolute Gasteiger partial charge is 0.166 e. The molecule has 4 nitrogen and oxygen atoms in total. The summed E-state index contributed by atoms with van der Waals surface area (Å²) in [6, 6.07) is 11.1. The number of halogens is 2. The molecule has 0 aliphatic rings. The zero-order valence-electron chi connectivity index (χ0n) is 14.4. The molecule has 136 valence electrons. The van der Waals surface area contributed by atoms with Crippen LogP contribution in [0.5, 0.6) is 11.5 Å². The zero-order chi connectivity index (χ0) is 18.2. The van der Waals surface area contributed by atoms with Crippen LogP contribution in [0.2, 0.25) is 10.0 Å². The average Bonchev–Trinajstić information content (AvgIpc) is 2.62. The molecule has 6 heteroatoms. The molecule has 2 N–H and O–H groups in total. The van der Waals surface area contributed by atoms with Crippen molar-refractivity contribution in [3.63, 3.8) is 0 Å². The lowest BCUT2D eigenvalue weighted by atomic mass is 10.1. The van der Waals surface area contributed by atoms with Crippen LogP contribution >= 0.6 is 23.2 Å². The number of aliphatic hydroxyl groups is 1. The first-order valence-corrected chi connectivity index (χ1v) is 8.92. The van der Waals surface area contributed by atoms with Crippen molar-refractivity contribution < 1.29 is 14.6 Å². The maximum absolute atomic E-state index is 9.34. The molecule has 0 unspecified atom stereocenters. The van der Waals surface area contributed by atoms with Gasteiger partial charge in [-0.05, 0) is 24.6 Å². The van der Waals surface area contributed by atoms with Gasteiger partial charge in [0.15, 0.2) is 11.5 Å². The number of ether oxygens (including phenoxy) is 2. The Balaban J connectivity index is 2.20. The average molecular weight is 384 g/mol. The first-order valence-electron chi connectivity index (χ1n) is 8.16. The zero-order valence-corrected chi connectivity index (χ0v) is 15.9. The number of aliphatic hydroxyl groups excluding tert-OH is 1. The van der Waals surface area contributed by atoms with Gasteiger partial charge in [0.25, 0.3) is 0 Å². The van der Waals surface area contributed by atoms with Gasteiger partial charge in [-0.1, -0.05) is 48.3 Å². The van der Waals surface area contributed by atoms with Crippen molar-refractivity contribution >= 4 is 23.2 Å². The van der Waals surface area contributed by atoms with E-state index in [9.17, 15) is 5.11 Å². The molecule has 0 saturated heterocycles. The topological polar surface area (TPSA) is 50.7 Å². The number of nitrogens with one attached hydrogen (secondary N) is 1. The molecular weight excluding hydrogens is 361 g/mol. The molecule has 0 aliphatic heterocycles. The summed E-state index contributed by atoms with van der Waals surface area (Å²) >= 11 is 12.4. The molecule has 0 heterocycles. The van der Waals surface area contributed by atoms with E-state index < -0.39 is 0 Å². The summed E-state index contributed by atoms with van der Waals surface area (Å²) in [6.07, 6.45) is 0.839. The third-order valence-corrected chi connectivity index (χ3v) is 4.71. The van der Waals surface area contributed by atoms with E-state index in [2.05, 4.69) is 5.32 Å². The fourth-order valence-electron chi connectivity index (χ4n) is 2.43. The predicted molar refractivity (Wildman–Crippen MR) is 102 cm³/mol. The molecule has 0 aromatic heterocycles. The Labute approximate surface area is 158 Å². The van der Waals surface area contributed by atoms with Crippen molar-refractivity contribution in [1.82, 2.24) is 5.32 Å². The number of hydrogen-bond donors (Lipinski definition) is 2. The Bertz CT molecular complexity index is 670. The van der Waals surface area contributed by atoms with E-state index in [1.54, 1.807) is 25.3 Å². The summed E-state index contributed by atoms with van der Waals surface area (Å²) in [5, 5.41) is 13.8. The Morgan fingerprint density at radius 2 is 1.80 bits per heavy atom. The summed E-state index contributed by atoms with van der Waals surface area (Å²) in [6.45, 7) is 2.91. The van der Waals surface area contributed by atoms with Crippen molar-refractivity contribution in [3.05, 3.63) is 57.6 Å². The van der Waals surface area contributed by atoms with Gasteiger partial charge in [0.05, 0.1) is 13.7 Å². The number of para-hydroxylation sites is 1. The number of benzene rings is 2. The lowest BCUT2D eigenvalue weighted by molar-refractivity contribution is 0.236. The normalized spacial score (nSPS) is 12.0. The molecule has 2 rings (SSSR count). The Morgan fingerprint density at radius 3 is 2.40 bits per heavy atom. The van der Waals surface area contributed by atoms with Crippen LogP contribution in [0.25, 0.3) is 0 Å².